The molecule has 1 aliphatic rings. The molecule has 0 radical (unpaired) electrons. The van der Waals surface area contributed by atoms with Crippen molar-refractivity contribution in [3.63, 3.8) is 0 Å². The number of carbonyl (C=O) groups excluding carboxylic acids is 1. The van der Waals surface area contributed by atoms with E-state index in [2.05, 4.69) is 0 Å². The maximum Gasteiger partial charge on any atom is 0.269 e. The Morgan fingerprint density at radius 1 is 0.824 bits per heavy atom. The molecule has 1 aliphatic heterocycles. The van der Waals surface area contributed by atoms with E-state index in [-0.39, 0.29) is 16.0 Å². The molecule has 7 nitrogen and oxygen atoms in total. The van der Waals surface area contributed by atoms with Gasteiger partial charge in [0, 0.05) is 10.5 Å². The van der Waals surface area contributed by atoms with Gasteiger partial charge in [-0.3, -0.25) is 14.9 Å². The van der Waals surface area contributed by atoms with Crippen LogP contribution in [-0.4, -0.2) is 23.6 Å². The predicted octanol–water partition coefficient (Wildman–Crippen LogP) is 5.05. The molecule has 4 aromatic rings. The van der Waals surface area contributed by atoms with Crippen LogP contribution < -0.4 is 0 Å². The van der Waals surface area contributed by atoms with Gasteiger partial charge in [-0.25, -0.2) is 12.7 Å². The predicted molar refractivity (Wildman–Crippen MR) is 127 cm³/mol. The Morgan fingerprint density at radius 2 is 1.44 bits per heavy atom. The number of sulfonamides is 1. The molecule has 170 valence electrons. The van der Waals surface area contributed by atoms with Crippen molar-refractivity contribution in [3.8, 4) is 0 Å². The number of nitro groups is 1. The van der Waals surface area contributed by atoms with Gasteiger partial charge in [-0.05, 0) is 41.5 Å². The molecule has 34 heavy (non-hydrogen) atoms. The fraction of sp³-hybridized carbons (Fsp3) is 0.115. The molecule has 0 fully saturated rings. The summed E-state index contributed by atoms with van der Waals surface area (Å²) in [6.45, 7) is 1.82. The first-order chi connectivity index (χ1) is 16.3. The van der Waals surface area contributed by atoms with Crippen molar-refractivity contribution in [2.24, 2.45) is 0 Å². The molecule has 5 rings (SSSR count). The summed E-state index contributed by atoms with van der Waals surface area (Å²) in [6, 6.07) is 21.9. The van der Waals surface area contributed by atoms with E-state index < -0.39 is 32.9 Å². The molecule has 0 spiro atoms. The lowest BCUT2D eigenvalue weighted by atomic mass is 9.85. The summed E-state index contributed by atoms with van der Waals surface area (Å²) in [5.41, 5.74) is 1.46. The molecule has 0 N–H and O–H groups in total. The van der Waals surface area contributed by atoms with Crippen LogP contribution in [0.1, 0.15) is 39.1 Å². The number of fused-ring (bicyclic) bond motifs is 2. The fourth-order valence-electron chi connectivity index (χ4n) is 4.61. The van der Waals surface area contributed by atoms with Crippen LogP contribution in [0.5, 0.6) is 0 Å². The van der Waals surface area contributed by atoms with Crippen LogP contribution in [0.2, 0.25) is 0 Å². The lowest BCUT2D eigenvalue weighted by Crippen LogP contribution is -2.47. The summed E-state index contributed by atoms with van der Waals surface area (Å²) in [4.78, 5) is 25.6. The topological polar surface area (TPSA) is 97.6 Å². The molecule has 0 bridgehead atoms. The van der Waals surface area contributed by atoms with E-state index in [4.69, 9.17) is 0 Å². The number of aryl methyl sites for hydroxylation is 1. The number of nitrogens with zero attached hydrogens (tertiary/aromatic N) is 2. The van der Waals surface area contributed by atoms with Crippen LogP contribution in [0.4, 0.5) is 0 Å². The zero-order valence-corrected chi connectivity index (χ0v) is 19.0. The lowest BCUT2D eigenvalue weighted by Gasteiger charge is -2.37. The first-order valence-corrected chi connectivity index (χ1v) is 12.1. The van der Waals surface area contributed by atoms with Crippen molar-refractivity contribution in [1.29, 1.82) is 0 Å². The second-order valence-electron chi connectivity index (χ2n) is 8.25. The Morgan fingerprint density at radius 3 is 2.18 bits per heavy atom. The Bertz CT molecular complexity index is 1540. The molecular formula is C26H20N2O5S. The van der Waals surface area contributed by atoms with Gasteiger partial charge < -0.3 is 0 Å². The number of hydrogen-bond donors (Lipinski definition) is 0. The van der Waals surface area contributed by atoms with Crippen molar-refractivity contribution < 1.29 is 18.1 Å². The van der Waals surface area contributed by atoms with Crippen molar-refractivity contribution in [1.82, 2.24) is 4.31 Å². The van der Waals surface area contributed by atoms with Crippen LogP contribution in [0, 0.1) is 17.0 Å². The quantitative estimate of drug-likeness (QED) is 0.306. The van der Waals surface area contributed by atoms with E-state index in [1.54, 1.807) is 48.5 Å². The van der Waals surface area contributed by atoms with Crippen molar-refractivity contribution in [2.45, 2.75) is 23.9 Å². The van der Waals surface area contributed by atoms with Gasteiger partial charge in [-0.2, -0.15) is 0 Å². The number of carbonyl (C=O) groups is 1. The maximum absolute atomic E-state index is 13.9. The average molecular weight is 473 g/mol. The van der Waals surface area contributed by atoms with E-state index in [0.717, 1.165) is 10.9 Å². The first kappa shape index (κ1) is 21.8. The minimum atomic E-state index is -4.42. The zero-order valence-electron chi connectivity index (χ0n) is 18.2. The molecule has 0 saturated heterocycles. The highest BCUT2D eigenvalue weighted by molar-refractivity contribution is 7.89. The highest BCUT2D eigenvalue weighted by Crippen LogP contribution is 2.47. The van der Waals surface area contributed by atoms with Crippen molar-refractivity contribution >= 4 is 26.7 Å². The van der Waals surface area contributed by atoms with Gasteiger partial charge in [0.05, 0.1) is 10.5 Å². The highest BCUT2D eigenvalue weighted by Gasteiger charge is 2.52. The van der Waals surface area contributed by atoms with E-state index in [9.17, 15) is 23.3 Å². The lowest BCUT2D eigenvalue weighted by molar-refractivity contribution is -0.537. The van der Waals surface area contributed by atoms with E-state index in [1.165, 1.54) is 24.3 Å². The molecular weight excluding hydrogens is 452 g/mol. The number of benzene rings is 4. The first-order valence-electron chi connectivity index (χ1n) is 10.7. The SMILES string of the molecule is Cc1ccc(S(=O)(=O)N2C(=O)c3ccccc3[C@H]([N+](=O)[O-])[C@H]2c2cccc3ccccc23)cc1. The summed E-state index contributed by atoms with van der Waals surface area (Å²) in [7, 11) is -4.42. The maximum atomic E-state index is 13.9. The Labute approximate surface area is 196 Å². The summed E-state index contributed by atoms with van der Waals surface area (Å²) in [5.74, 6) is -0.785. The molecule has 0 aromatic heterocycles. The van der Waals surface area contributed by atoms with E-state index >= 15 is 0 Å². The van der Waals surface area contributed by atoms with Crippen LogP contribution in [0.25, 0.3) is 10.8 Å². The Hall–Kier alpha value is -4.04. The molecule has 1 amide bonds. The highest BCUT2D eigenvalue weighted by atomic mass is 32.2. The smallest absolute Gasteiger partial charge is 0.268 e. The van der Waals surface area contributed by atoms with E-state index in [0.29, 0.717) is 15.3 Å². The Kier molecular flexibility index (Phi) is 5.17. The number of amides is 1. The molecule has 8 heteroatoms. The zero-order chi connectivity index (χ0) is 24.0. The second-order valence-corrected chi connectivity index (χ2v) is 10.1. The third-order valence-electron chi connectivity index (χ3n) is 6.21. The van der Waals surface area contributed by atoms with Gasteiger partial charge >= 0.3 is 0 Å². The average Bonchev–Trinajstić information content (AvgIpc) is 2.83. The van der Waals surface area contributed by atoms with Gasteiger partial charge in [0.1, 0.15) is 6.04 Å². The largest absolute Gasteiger partial charge is 0.269 e. The fourth-order valence-corrected chi connectivity index (χ4v) is 6.16. The standard InChI is InChI=1S/C26H20N2O5S/c1-17-13-15-19(16-14-17)34(32,33)27-24(21-12-6-8-18-7-2-3-9-20(18)21)25(28(30)31)22-10-4-5-11-23(22)26(27)29/h2-16,24-25H,1H3/t24-,25+/m1/s1. The molecule has 0 unspecified atom stereocenters. The summed E-state index contributed by atoms with van der Waals surface area (Å²) in [5, 5.41) is 13.9. The monoisotopic (exact) mass is 472 g/mol. The third kappa shape index (κ3) is 3.34. The van der Waals surface area contributed by atoms with Crippen LogP contribution in [0.3, 0.4) is 0 Å². The second kappa shape index (κ2) is 8.07. The number of hydrogen-bond acceptors (Lipinski definition) is 5. The van der Waals surface area contributed by atoms with Gasteiger partial charge in [0.15, 0.2) is 0 Å². The Balaban J connectivity index is 1.84. The summed E-state index contributed by atoms with van der Waals surface area (Å²) >= 11 is 0. The van der Waals surface area contributed by atoms with Crippen molar-refractivity contribution in [3.05, 3.63) is 123 Å². The molecule has 1 heterocycles. The van der Waals surface area contributed by atoms with Gasteiger partial charge in [0.2, 0.25) is 0 Å². The normalized spacial score (nSPS) is 18.0. The third-order valence-corrected chi connectivity index (χ3v) is 7.99. The van der Waals surface area contributed by atoms with Gasteiger partial charge in [0.25, 0.3) is 22.0 Å². The van der Waals surface area contributed by atoms with Crippen molar-refractivity contribution in [2.75, 3.05) is 0 Å². The molecule has 4 aromatic carbocycles. The van der Waals surface area contributed by atoms with Crippen LogP contribution >= 0.6 is 0 Å². The minimum Gasteiger partial charge on any atom is -0.268 e. The van der Waals surface area contributed by atoms with E-state index in [1.807, 2.05) is 25.1 Å². The van der Waals surface area contributed by atoms with Crippen LogP contribution in [-0.2, 0) is 10.0 Å². The minimum absolute atomic E-state index is 0.0105. The summed E-state index contributed by atoms with van der Waals surface area (Å²) in [6.07, 6.45) is 0. The molecule has 0 saturated carbocycles. The molecule has 2 atom stereocenters. The van der Waals surface area contributed by atoms with Gasteiger partial charge in [-0.15, -0.1) is 0 Å². The summed E-state index contributed by atoms with van der Waals surface area (Å²) < 4.78 is 28.5. The molecule has 0 aliphatic carbocycles. The number of rotatable bonds is 4. The van der Waals surface area contributed by atoms with Crippen LogP contribution in [0.15, 0.2) is 95.9 Å². The van der Waals surface area contributed by atoms with Gasteiger partial charge in [-0.1, -0.05) is 78.4 Å².